The molecule has 1 aliphatic rings. The van der Waals surface area contributed by atoms with Gasteiger partial charge in [0, 0.05) is 35.4 Å². The molecule has 0 radical (unpaired) electrons. The van der Waals surface area contributed by atoms with E-state index in [1.807, 2.05) is 42.6 Å². The van der Waals surface area contributed by atoms with Crippen LogP contribution < -0.4 is 9.64 Å². The number of para-hydroxylation sites is 2. The fraction of sp³-hybridized carbons (Fsp3) is 0.268. The minimum Gasteiger partial charge on any atom is -0.503 e. The maximum absolute atomic E-state index is 6.49. The predicted octanol–water partition coefficient (Wildman–Crippen LogP) is 10.1. The van der Waals surface area contributed by atoms with Gasteiger partial charge >= 0.3 is 21.1 Å². The van der Waals surface area contributed by atoms with Gasteiger partial charge in [-0.1, -0.05) is 95.6 Å². The van der Waals surface area contributed by atoms with Crippen LogP contribution in [0.4, 0.5) is 5.69 Å². The topological polar surface area (TPSA) is 42.6 Å². The van der Waals surface area contributed by atoms with Gasteiger partial charge in [0.1, 0.15) is 5.82 Å². The van der Waals surface area contributed by atoms with Crippen LogP contribution in [-0.2, 0) is 21.1 Å². The quantitative estimate of drug-likeness (QED) is 0.144. The van der Waals surface area contributed by atoms with E-state index in [0.717, 1.165) is 45.6 Å². The fourth-order valence-corrected chi connectivity index (χ4v) is 6.55. The monoisotopic (exact) mass is 799 g/mol. The second-order valence-electron chi connectivity index (χ2n) is 13.1. The van der Waals surface area contributed by atoms with Crippen molar-refractivity contribution in [3.8, 4) is 17.3 Å². The first kappa shape index (κ1) is 32.7. The van der Waals surface area contributed by atoms with E-state index < -0.39 is 0 Å². The molecule has 1 aliphatic heterocycles. The van der Waals surface area contributed by atoms with Gasteiger partial charge in [-0.25, -0.2) is 4.98 Å². The minimum atomic E-state index is 0. The first-order chi connectivity index (χ1) is 22.3. The average molecular weight is 800 g/mol. The van der Waals surface area contributed by atoms with Crippen LogP contribution in [0.2, 0.25) is 0 Å². The van der Waals surface area contributed by atoms with Crippen LogP contribution in [0.5, 0.6) is 11.5 Å². The maximum atomic E-state index is 6.49. The predicted molar refractivity (Wildman–Crippen MR) is 190 cm³/mol. The van der Waals surface area contributed by atoms with Gasteiger partial charge in [0.25, 0.3) is 0 Å². The van der Waals surface area contributed by atoms with E-state index in [1.54, 1.807) is 0 Å². The number of ether oxygens (including phenoxy) is 1. The van der Waals surface area contributed by atoms with Gasteiger partial charge in [0.15, 0.2) is 0 Å². The Morgan fingerprint density at radius 1 is 0.723 bits per heavy atom. The zero-order chi connectivity index (χ0) is 31.9. The molecule has 2 aromatic heterocycles. The molecule has 0 aliphatic carbocycles. The van der Waals surface area contributed by atoms with E-state index in [4.69, 9.17) is 9.73 Å². The molecular weight excluding hydrogens is 760 g/mol. The van der Waals surface area contributed by atoms with E-state index in [2.05, 4.69) is 123 Å². The third-order valence-electron chi connectivity index (χ3n) is 8.96. The molecule has 0 bridgehead atoms. The molecule has 3 heterocycles. The van der Waals surface area contributed by atoms with Crippen molar-refractivity contribution >= 4 is 33.3 Å². The van der Waals surface area contributed by atoms with Crippen LogP contribution in [0.15, 0.2) is 102 Å². The Morgan fingerprint density at radius 2 is 1.43 bits per heavy atom. The molecule has 6 heteroatoms. The summed E-state index contributed by atoms with van der Waals surface area (Å²) in [4.78, 5) is 12.4. The molecule has 0 amide bonds. The number of aliphatic imine (C=N–C) groups is 1. The van der Waals surface area contributed by atoms with Crippen molar-refractivity contribution in [3.05, 3.63) is 126 Å². The Morgan fingerprint density at radius 3 is 2.13 bits per heavy atom. The van der Waals surface area contributed by atoms with Crippen molar-refractivity contribution in [2.24, 2.45) is 10.9 Å². The summed E-state index contributed by atoms with van der Waals surface area (Å²) in [6.07, 6.45) is 1.82. The van der Waals surface area contributed by atoms with Crippen LogP contribution in [0.1, 0.15) is 70.1 Å². The Hall–Kier alpha value is -4.21. The first-order valence-corrected chi connectivity index (χ1v) is 16.4. The van der Waals surface area contributed by atoms with Gasteiger partial charge < -0.3 is 19.2 Å². The molecule has 0 unspecified atom stereocenters. The van der Waals surface area contributed by atoms with Crippen LogP contribution >= 0.6 is 0 Å². The number of anilines is 1. The Labute approximate surface area is 292 Å². The van der Waals surface area contributed by atoms with Crippen LogP contribution in [-0.4, -0.2) is 28.0 Å². The van der Waals surface area contributed by atoms with E-state index in [1.165, 1.54) is 16.8 Å². The van der Waals surface area contributed by atoms with Crippen molar-refractivity contribution < 1.29 is 25.8 Å². The summed E-state index contributed by atoms with van der Waals surface area (Å²) in [5.74, 6) is 4.24. The zero-order valence-electron chi connectivity index (χ0n) is 27.8. The van der Waals surface area contributed by atoms with Crippen LogP contribution in [0, 0.1) is 18.1 Å². The van der Waals surface area contributed by atoms with Gasteiger partial charge in [-0.2, -0.15) is 6.07 Å². The first-order valence-electron chi connectivity index (χ1n) is 16.4. The Bertz CT molecular complexity index is 2040. The maximum Gasteiger partial charge on any atom is 2.00 e. The van der Waals surface area contributed by atoms with Gasteiger partial charge in [0.2, 0.25) is 0 Å². The summed E-state index contributed by atoms with van der Waals surface area (Å²) in [6.45, 7) is 14.5. The van der Waals surface area contributed by atoms with Crippen molar-refractivity contribution in [2.45, 2.75) is 59.4 Å². The molecule has 47 heavy (non-hydrogen) atoms. The molecule has 0 N–H and O–H groups in total. The molecule has 0 fully saturated rings. The number of rotatable bonds is 8. The number of hydrogen-bond acceptors (Lipinski definition) is 4. The molecule has 4 aromatic carbocycles. The van der Waals surface area contributed by atoms with Crippen molar-refractivity contribution in [1.29, 1.82) is 0 Å². The third-order valence-corrected chi connectivity index (χ3v) is 8.96. The number of pyridine rings is 1. The van der Waals surface area contributed by atoms with Crippen LogP contribution in [0.3, 0.4) is 0 Å². The van der Waals surface area contributed by atoms with Gasteiger partial charge in [-0.3, -0.25) is 0 Å². The van der Waals surface area contributed by atoms with Gasteiger partial charge in [-0.15, -0.1) is 41.3 Å². The largest absolute Gasteiger partial charge is 2.00 e. The SMILES string of the molecule is CC(C)c1cccc(C(C)C)c1N1C[C@H](C(C)C)N=C1c1[c-]c(Oc2[c-]c3c(cc2)c2ccccc2n3-c2ccccn2)ccc1.[Pt+2]. The van der Waals surface area contributed by atoms with Crippen molar-refractivity contribution in [3.63, 3.8) is 0 Å². The van der Waals surface area contributed by atoms with E-state index >= 15 is 0 Å². The second kappa shape index (κ2) is 13.5. The van der Waals surface area contributed by atoms with Crippen LogP contribution in [0.25, 0.3) is 27.6 Å². The normalized spacial score (nSPS) is 14.8. The van der Waals surface area contributed by atoms with Gasteiger partial charge in [0.05, 0.1) is 11.9 Å². The molecule has 6 aromatic rings. The summed E-state index contributed by atoms with van der Waals surface area (Å²) >= 11 is 0. The van der Waals surface area contributed by atoms with Crippen molar-refractivity contribution in [2.75, 3.05) is 11.4 Å². The number of benzene rings is 4. The summed E-state index contributed by atoms with van der Waals surface area (Å²) in [5, 5.41) is 2.26. The molecule has 240 valence electrons. The van der Waals surface area contributed by atoms with Gasteiger partial charge in [-0.05, 0) is 52.5 Å². The second-order valence-corrected chi connectivity index (χ2v) is 13.1. The summed E-state index contributed by atoms with van der Waals surface area (Å²) in [7, 11) is 0. The molecule has 0 saturated carbocycles. The molecule has 7 rings (SSSR count). The van der Waals surface area contributed by atoms with E-state index in [9.17, 15) is 0 Å². The summed E-state index contributed by atoms with van der Waals surface area (Å²) in [5.41, 5.74) is 6.92. The molecule has 0 saturated heterocycles. The smallest absolute Gasteiger partial charge is 0.503 e. The average Bonchev–Trinajstić information content (AvgIpc) is 3.65. The van der Waals surface area contributed by atoms with Crippen molar-refractivity contribution in [1.82, 2.24) is 9.55 Å². The standard InChI is InChI=1S/C41H40N4O.Pt/c1-26(2)32-16-12-17-33(27(3)4)40(32)44-25-36(28(5)6)43-41(44)29-13-11-14-30(23-29)46-31-20-21-35-34-15-7-8-18-37(34)45(38(35)24-31)39-19-9-10-22-42-39;/h7-22,26-28,36H,25H2,1-6H3;/q-2;+2/t36-;/m1./s1. The Balaban J connectivity index is 0.00000386. The van der Waals surface area contributed by atoms with E-state index in [0.29, 0.717) is 29.3 Å². The summed E-state index contributed by atoms with van der Waals surface area (Å²) < 4.78 is 8.64. The number of aromatic nitrogens is 2. The minimum absolute atomic E-state index is 0. The van der Waals surface area contributed by atoms with E-state index in [-0.39, 0.29) is 27.1 Å². The molecular formula is C41H40N4OPt. The fourth-order valence-electron chi connectivity index (χ4n) is 6.55. The zero-order valence-corrected chi connectivity index (χ0v) is 30.0. The number of nitrogens with zero attached hydrogens (tertiary/aromatic N) is 4. The summed E-state index contributed by atoms with van der Waals surface area (Å²) in [6, 6.07) is 38.6. The Kier molecular flexibility index (Phi) is 9.39. The molecule has 0 spiro atoms. The third kappa shape index (κ3) is 6.14. The molecule has 5 nitrogen and oxygen atoms in total. The number of fused-ring (bicyclic) bond motifs is 3. The number of hydrogen-bond donors (Lipinski definition) is 0. The molecule has 1 atom stereocenters. The number of amidine groups is 1.